The lowest BCUT2D eigenvalue weighted by Crippen LogP contribution is -2.26. The molecule has 2 N–H and O–H groups in total. The Morgan fingerprint density at radius 2 is 2.26 bits per heavy atom. The summed E-state index contributed by atoms with van der Waals surface area (Å²) in [7, 11) is 0. The molecular weight excluding hydrogens is 264 g/mol. The fourth-order valence-electron chi connectivity index (χ4n) is 1.50. The third-order valence-corrected chi connectivity index (χ3v) is 3.51. The van der Waals surface area contributed by atoms with Gasteiger partial charge in [0.25, 0.3) is 0 Å². The minimum Gasteiger partial charge on any atom is -0.393 e. The van der Waals surface area contributed by atoms with Gasteiger partial charge < -0.3 is 15.0 Å². The van der Waals surface area contributed by atoms with Crippen molar-refractivity contribution < 1.29 is 9.90 Å². The van der Waals surface area contributed by atoms with Crippen LogP contribution in [0.1, 0.15) is 39.7 Å². The van der Waals surface area contributed by atoms with E-state index >= 15 is 0 Å². The Morgan fingerprint density at radius 1 is 1.53 bits per heavy atom. The molecule has 0 aliphatic heterocycles. The van der Waals surface area contributed by atoms with Crippen LogP contribution in [0.25, 0.3) is 0 Å². The van der Waals surface area contributed by atoms with Crippen molar-refractivity contribution in [1.29, 1.82) is 0 Å². The van der Waals surface area contributed by atoms with Crippen LogP contribution in [-0.2, 0) is 4.79 Å². The number of nitrogens with zero attached hydrogens (tertiary/aromatic N) is 3. The average molecular weight is 286 g/mol. The molecule has 1 aromatic heterocycles. The van der Waals surface area contributed by atoms with Crippen molar-refractivity contribution in [3.05, 3.63) is 6.33 Å². The number of hydrogen-bond acceptors (Lipinski definition) is 5. The summed E-state index contributed by atoms with van der Waals surface area (Å²) >= 11 is 1.38. The molecule has 1 rings (SSSR count). The van der Waals surface area contributed by atoms with E-state index in [4.69, 9.17) is 5.11 Å². The first-order valence-electron chi connectivity index (χ1n) is 6.47. The van der Waals surface area contributed by atoms with Crippen LogP contribution >= 0.6 is 11.8 Å². The zero-order valence-corrected chi connectivity index (χ0v) is 12.5. The second kappa shape index (κ2) is 8.16. The fraction of sp³-hybridized carbons (Fsp3) is 0.750. The molecule has 0 saturated carbocycles. The molecule has 0 bridgehead atoms. The van der Waals surface area contributed by atoms with E-state index in [1.807, 2.05) is 18.4 Å². The summed E-state index contributed by atoms with van der Waals surface area (Å²) < 4.78 is 1.94. The van der Waals surface area contributed by atoms with Gasteiger partial charge in [-0.05, 0) is 33.6 Å². The van der Waals surface area contributed by atoms with E-state index in [9.17, 15) is 4.79 Å². The van der Waals surface area contributed by atoms with Gasteiger partial charge >= 0.3 is 0 Å². The highest BCUT2D eigenvalue weighted by Gasteiger charge is 2.10. The van der Waals surface area contributed by atoms with Crippen molar-refractivity contribution in [2.75, 3.05) is 12.3 Å². The highest BCUT2D eigenvalue weighted by Crippen LogP contribution is 2.18. The summed E-state index contributed by atoms with van der Waals surface area (Å²) in [6.07, 6.45) is 2.86. The minimum absolute atomic E-state index is 0.0195. The molecule has 7 heteroatoms. The highest BCUT2D eigenvalue weighted by atomic mass is 32.2. The van der Waals surface area contributed by atoms with Crippen LogP contribution in [0.5, 0.6) is 0 Å². The number of amides is 1. The molecule has 19 heavy (non-hydrogen) atoms. The topological polar surface area (TPSA) is 80.0 Å². The van der Waals surface area contributed by atoms with E-state index in [0.29, 0.717) is 18.7 Å². The second-order valence-electron chi connectivity index (χ2n) is 4.74. The smallest absolute Gasteiger partial charge is 0.230 e. The van der Waals surface area contributed by atoms with Crippen LogP contribution in [-0.4, -0.2) is 44.2 Å². The lowest BCUT2D eigenvalue weighted by atomic mass is 10.2. The number of aliphatic hydroxyl groups excluding tert-OH is 1. The molecule has 0 radical (unpaired) electrons. The number of thioether (sulfide) groups is 1. The molecule has 0 aromatic carbocycles. The zero-order chi connectivity index (χ0) is 14.3. The van der Waals surface area contributed by atoms with Gasteiger partial charge in [0, 0.05) is 12.6 Å². The maximum Gasteiger partial charge on any atom is 0.230 e. The summed E-state index contributed by atoms with van der Waals surface area (Å²) in [5.74, 6) is 0.314. The van der Waals surface area contributed by atoms with Crippen molar-refractivity contribution in [3.8, 4) is 0 Å². The Morgan fingerprint density at radius 3 is 2.89 bits per heavy atom. The van der Waals surface area contributed by atoms with Crippen molar-refractivity contribution in [3.63, 3.8) is 0 Å². The molecule has 1 heterocycles. The molecule has 108 valence electrons. The van der Waals surface area contributed by atoms with Crippen molar-refractivity contribution >= 4 is 17.7 Å². The molecule has 1 amide bonds. The van der Waals surface area contributed by atoms with E-state index in [-0.39, 0.29) is 18.1 Å². The summed E-state index contributed by atoms with van der Waals surface area (Å²) in [5, 5.41) is 20.5. The van der Waals surface area contributed by atoms with Gasteiger partial charge in [0.1, 0.15) is 6.33 Å². The molecule has 1 unspecified atom stereocenters. The Hall–Kier alpha value is -1.08. The molecule has 0 spiro atoms. The van der Waals surface area contributed by atoms with E-state index in [1.54, 1.807) is 13.3 Å². The molecule has 1 atom stereocenters. The van der Waals surface area contributed by atoms with Crippen molar-refractivity contribution in [2.24, 2.45) is 0 Å². The van der Waals surface area contributed by atoms with Gasteiger partial charge in [-0.3, -0.25) is 4.79 Å². The summed E-state index contributed by atoms with van der Waals surface area (Å²) in [5.41, 5.74) is 0. The number of carbonyl (C=O) groups excluding carboxylic acids is 1. The standard InChI is InChI=1S/C12H22N4O2S/c1-9(2)16-8-14-15-12(16)19-7-11(18)13-6-4-5-10(3)17/h8-10,17H,4-7H2,1-3H3,(H,13,18). The van der Waals surface area contributed by atoms with Crippen LogP contribution in [0.15, 0.2) is 11.5 Å². The van der Waals surface area contributed by atoms with Gasteiger partial charge in [-0.1, -0.05) is 11.8 Å². The van der Waals surface area contributed by atoms with E-state index in [0.717, 1.165) is 11.6 Å². The third-order valence-electron chi connectivity index (χ3n) is 2.55. The van der Waals surface area contributed by atoms with Crippen molar-refractivity contribution in [1.82, 2.24) is 20.1 Å². The molecule has 0 fully saturated rings. The summed E-state index contributed by atoms with van der Waals surface area (Å²) in [4.78, 5) is 11.6. The first kappa shape index (κ1) is 16.0. The van der Waals surface area contributed by atoms with Crippen LogP contribution in [0, 0.1) is 0 Å². The first-order chi connectivity index (χ1) is 9.00. The van der Waals surface area contributed by atoms with Gasteiger partial charge in [0.05, 0.1) is 11.9 Å². The predicted molar refractivity (Wildman–Crippen MR) is 75.1 cm³/mol. The lowest BCUT2D eigenvalue weighted by Gasteiger charge is -2.09. The number of rotatable bonds is 8. The number of aromatic nitrogens is 3. The third kappa shape index (κ3) is 6.07. The maximum atomic E-state index is 11.6. The van der Waals surface area contributed by atoms with Crippen LogP contribution < -0.4 is 5.32 Å². The largest absolute Gasteiger partial charge is 0.393 e. The number of nitrogens with one attached hydrogen (secondary N) is 1. The Labute approximate surface area is 118 Å². The zero-order valence-electron chi connectivity index (χ0n) is 11.7. The number of aliphatic hydroxyl groups is 1. The molecule has 0 aliphatic carbocycles. The highest BCUT2D eigenvalue weighted by molar-refractivity contribution is 7.99. The van der Waals surface area contributed by atoms with Gasteiger partial charge in [-0.25, -0.2) is 0 Å². The van der Waals surface area contributed by atoms with E-state index in [2.05, 4.69) is 15.5 Å². The Kier molecular flexibility index (Phi) is 6.86. The maximum absolute atomic E-state index is 11.6. The van der Waals surface area contributed by atoms with Gasteiger partial charge in [0.2, 0.25) is 5.91 Å². The predicted octanol–water partition coefficient (Wildman–Crippen LogP) is 1.23. The monoisotopic (exact) mass is 286 g/mol. The number of hydrogen-bond donors (Lipinski definition) is 2. The fourth-order valence-corrected chi connectivity index (χ4v) is 2.37. The van der Waals surface area contributed by atoms with Crippen LogP contribution in [0.4, 0.5) is 0 Å². The first-order valence-corrected chi connectivity index (χ1v) is 7.46. The minimum atomic E-state index is -0.309. The quantitative estimate of drug-likeness (QED) is 0.555. The summed E-state index contributed by atoms with van der Waals surface area (Å²) in [6.45, 7) is 6.44. The van der Waals surface area contributed by atoms with E-state index < -0.39 is 0 Å². The molecule has 0 saturated heterocycles. The normalized spacial score (nSPS) is 12.7. The van der Waals surface area contributed by atoms with Crippen molar-refractivity contribution in [2.45, 2.75) is 50.9 Å². The molecule has 1 aromatic rings. The second-order valence-corrected chi connectivity index (χ2v) is 5.69. The van der Waals surface area contributed by atoms with E-state index in [1.165, 1.54) is 11.8 Å². The lowest BCUT2D eigenvalue weighted by molar-refractivity contribution is -0.118. The molecule has 6 nitrogen and oxygen atoms in total. The van der Waals surface area contributed by atoms with Gasteiger partial charge in [0.15, 0.2) is 5.16 Å². The molecular formula is C12H22N4O2S. The molecule has 0 aliphatic rings. The number of carbonyl (C=O) groups is 1. The Bertz CT molecular complexity index is 393. The SMILES string of the molecule is CC(O)CCCNC(=O)CSc1nncn1C(C)C. The Balaban J connectivity index is 2.24. The van der Waals surface area contributed by atoms with Gasteiger partial charge in [-0.2, -0.15) is 0 Å². The summed E-state index contributed by atoms with van der Waals surface area (Å²) in [6, 6.07) is 0.284. The van der Waals surface area contributed by atoms with Crippen LogP contribution in [0.2, 0.25) is 0 Å². The van der Waals surface area contributed by atoms with Gasteiger partial charge in [-0.15, -0.1) is 10.2 Å². The van der Waals surface area contributed by atoms with Crippen LogP contribution in [0.3, 0.4) is 0 Å². The average Bonchev–Trinajstić information content (AvgIpc) is 2.80.